The number of hydrogen-bond donors (Lipinski definition) is 0. The lowest BCUT2D eigenvalue weighted by atomic mass is 10.4. The minimum absolute atomic E-state index is 0.796. The molecule has 0 amide bonds. The van der Waals surface area contributed by atoms with Gasteiger partial charge in [0.15, 0.2) is 6.30 Å². The molecular formula is C6H14FN. The fraction of sp³-hybridized carbons (Fsp3) is 1.00. The molecular weight excluding hydrogens is 105 g/mol. The molecule has 0 aromatic carbocycles. The first-order valence-electron chi connectivity index (χ1n) is 3.02. The molecule has 0 aliphatic carbocycles. The van der Waals surface area contributed by atoms with E-state index in [0.29, 0.717) is 0 Å². The number of nitrogens with zero attached hydrogens (tertiary/aromatic N) is 1. The van der Waals surface area contributed by atoms with Crippen LogP contribution in [0.25, 0.3) is 0 Å². The highest BCUT2D eigenvalue weighted by molar-refractivity contribution is 4.47. The Balaban J connectivity index is 3.17. The van der Waals surface area contributed by atoms with E-state index >= 15 is 0 Å². The van der Waals surface area contributed by atoms with Gasteiger partial charge in [0, 0.05) is 6.54 Å². The van der Waals surface area contributed by atoms with Crippen molar-refractivity contribution in [3.8, 4) is 0 Å². The summed E-state index contributed by atoms with van der Waals surface area (Å²) in [6, 6.07) is 0. The van der Waals surface area contributed by atoms with E-state index in [2.05, 4.69) is 0 Å². The van der Waals surface area contributed by atoms with Crippen molar-refractivity contribution in [2.45, 2.75) is 26.6 Å². The molecule has 0 bridgehead atoms. The normalized spacial score (nSPS) is 14.6. The third-order valence-corrected chi connectivity index (χ3v) is 1.18. The Morgan fingerprint density at radius 1 is 1.62 bits per heavy atom. The fourth-order valence-electron chi connectivity index (χ4n) is 0.531. The molecule has 0 aliphatic heterocycles. The van der Waals surface area contributed by atoms with Crippen LogP contribution in [0.3, 0.4) is 0 Å². The first-order valence-corrected chi connectivity index (χ1v) is 3.02. The zero-order valence-electron chi connectivity index (χ0n) is 5.82. The zero-order valence-corrected chi connectivity index (χ0v) is 5.82. The molecule has 0 saturated heterocycles. The van der Waals surface area contributed by atoms with E-state index in [0.717, 1.165) is 13.0 Å². The van der Waals surface area contributed by atoms with E-state index in [4.69, 9.17) is 0 Å². The van der Waals surface area contributed by atoms with E-state index in [1.54, 1.807) is 18.9 Å². The van der Waals surface area contributed by atoms with Gasteiger partial charge in [0.25, 0.3) is 0 Å². The lowest BCUT2D eigenvalue weighted by molar-refractivity contribution is 0.128. The van der Waals surface area contributed by atoms with Crippen molar-refractivity contribution in [1.29, 1.82) is 0 Å². The van der Waals surface area contributed by atoms with Gasteiger partial charge in [-0.2, -0.15) is 0 Å². The Morgan fingerprint density at radius 3 is 2.25 bits per heavy atom. The molecule has 1 nitrogen and oxygen atoms in total. The topological polar surface area (TPSA) is 3.24 Å². The summed E-state index contributed by atoms with van der Waals surface area (Å²) >= 11 is 0. The summed E-state index contributed by atoms with van der Waals surface area (Å²) in [7, 11) is 1.79. The minimum atomic E-state index is -0.796. The SMILES string of the molecule is CCCN(C)C(C)F. The number of rotatable bonds is 3. The highest BCUT2D eigenvalue weighted by Crippen LogP contribution is 1.95. The van der Waals surface area contributed by atoms with E-state index in [1.807, 2.05) is 6.92 Å². The summed E-state index contributed by atoms with van der Waals surface area (Å²) in [5.74, 6) is 0. The van der Waals surface area contributed by atoms with Gasteiger partial charge in [-0.25, -0.2) is 4.39 Å². The van der Waals surface area contributed by atoms with Crippen LogP contribution in [0.2, 0.25) is 0 Å². The van der Waals surface area contributed by atoms with Crippen LogP contribution in [0, 0.1) is 0 Å². The van der Waals surface area contributed by atoms with Gasteiger partial charge in [0.1, 0.15) is 0 Å². The lowest BCUT2D eigenvalue weighted by Gasteiger charge is -2.15. The van der Waals surface area contributed by atoms with Crippen molar-refractivity contribution in [3.63, 3.8) is 0 Å². The van der Waals surface area contributed by atoms with E-state index in [9.17, 15) is 4.39 Å². The van der Waals surface area contributed by atoms with Crippen LogP contribution in [-0.2, 0) is 0 Å². The number of alkyl halides is 1. The molecule has 0 spiro atoms. The third kappa shape index (κ3) is 2.97. The molecule has 0 aromatic heterocycles. The molecule has 2 heteroatoms. The highest BCUT2D eigenvalue weighted by Gasteiger charge is 2.02. The minimum Gasteiger partial charge on any atom is -0.277 e. The second kappa shape index (κ2) is 3.84. The quantitative estimate of drug-likeness (QED) is 0.510. The maximum Gasteiger partial charge on any atom is 0.150 e. The predicted octanol–water partition coefficient (Wildman–Crippen LogP) is 1.64. The second-order valence-electron chi connectivity index (χ2n) is 2.05. The molecule has 8 heavy (non-hydrogen) atoms. The number of hydrogen-bond acceptors (Lipinski definition) is 1. The Bertz CT molecular complexity index is 54.5. The van der Waals surface area contributed by atoms with Crippen LogP contribution in [0.1, 0.15) is 20.3 Å². The Hall–Kier alpha value is -0.110. The summed E-state index contributed by atoms with van der Waals surface area (Å²) < 4.78 is 12.2. The smallest absolute Gasteiger partial charge is 0.150 e. The largest absolute Gasteiger partial charge is 0.277 e. The summed E-state index contributed by atoms with van der Waals surface area (Å²) in [6.07, 6.45) is 0.222. The van der Waals surface area contributed by atoms with Gasteiger partial charge in [0.2, 0.25) is 0 Å². The lowest BCUT2D eigenvalue weighted by Crippen LogP contribution is -2.25. The van der Waals surface area contributed by atoms with Gasteiger partial charge in [-0.15, -0.1) is 0 Å². The van der Waals surface area contributed by atoms with Crippen LogP contribution >= 0.6 is 0 Å². The van der Waals surface area contributed by atoms with Gasteiger partial charge in [-0.1, -0.05) is 6.92 Å². The Labute approximate surface area is 50.5 Å². The maximum absolute atomic E-state index is 12.2. The molecule has 0 N–H and O–H groups in total. The van der Waals surface area contributed by atoms with Crippen molar-refractivity contribution in [2.75, 3.05) is 13.6 Å². The fourth-order valence-corrected chi connectivity index (χ4v) is 0.531. The van der Waals surface area contributed by atoms with Gasteiger partial charge >= 0.3 is 0 Å². The van der Waals surface area contributed by atoms with E-state index < -0.39 is 6.30 Å². The first kappa shape index (κ1) is 7.89. The van der Waals surface area contributed by atoms with Crippen molar-refractivity contribution in [2.24, 2.45) is 0 Å². The molecule has 0 heterocycles. The summed E-state index contributed by atoms with van der Waals surface area (Å²) in [4.78, 5) is 1.68. The van der Waals surface area contributed by atoms with Crippen LogP contribution < -0.4 is 0 Å². The van der Waals surface area contributed by atoms with Gasteiger partial charge in [-0.05, 0) is 20.4 Å². The Kier molecular flexibility index (Phi) is 3.79. The summed E-state index contributed by atoms with van der Waals surface area (Å²) in [6.45, 7) is 4.44. The molecule has 1 atom stereocenters. The standard InChI is InChI=1S/C6H14FN/c1-4-5-8(3)6(2)7/h6H,4-5H2,1-3H3. The van der Waals surface area contributed by atoms with Crippen LogP contribution in [0.15, 0.2) is 0 Å². The molecule has 0 fully saturated rings. The maximum atomic E-state index is 12.2. The molecule has 0 radical (unpaired) electrons. The first-order chi connectivity index (χ1) is 3.68. The molecule has 0 rings (SSSR count). The van der Waals surface area contributed by atoms with Crippen LogP contribution in [0.5, 0.6) is 0 Å². The molecule has 0 saturated carbocycles. The molecule has 0 aliphatic rings. The predicted molar refractivity (Wildman–Crippen MR) is 33.5 cm³/mol. The summed E-state index contributed by atoms with van der Waals surface area (Å²) in [5, 5.41) is 0. The third-order valence-electron chi connectivity index (χ3n) is 1.18. The molecule has 50 valence electrons. The van der Waals surface area contributed by atoms with Crippen molar-refractivity contribution in [1.82, 2.24) is 4.90 Å². The van der Waals surface area contributed by atoms with Crippen molar-refractivity contribution < 1.29 is 4.39 Å². The van der Waals surface area contributed by atoms with Crippen LogP contribution in [-0.4, -0.2) is 24.8 Å². The second-order valence-corrected chi connectivity index (χ2v) is 2.05. The molecule has 1 unspecified atom stereocenters. The highest BCUT2D eigenvalue weighted by atomic mass is 19.1. The van der Waals surface area contributed by atoms with Crippen LogP contribution in [0.4, 0.5) is 4.39 Å². The van der Waals surface area contributed by atoms with Crippen molar-refractivity contribution >= 4 is 0 Å². The van der Waals surface area contributed by atoms with E-state index in [-0.39, 0.29) is 0 Å². The molecule has 0 aromatic rings. The average molecular weight is 119 g/mol. The van der Waals surface area contributed by atoms with Gasteiger partial charge in [0.05, 0.1) is 0 Å². The van der Waals surface area contributed by atoms with Crippen molar-refractivity contribution in [3.05, 3.63) is 0 Å². The average Bonchev–Trinajstić information content (AvgIpc) is 1.67. The van der Waals surface area contributed by atoms with Gasteiger partial charge < -0.3 is 0 Å². The zero-order chi connectivity index (χ0) is 6.57. The van der Waals surface area contributed by atoms with Gasteiger partial charge in [-0.3, -0.25) is 4.90 Å². The van der Waals surface area contributed by atoms with E-state index in [1.165, 1.54) is 0 Å². The number of halogens is 1. The summed E-state index contributed by atoms with van der Waals surface area (Å²) in [5.41, 5.74) is 0. The monoisotopic (exact) mass is 119 g/mol. The Morgan fingerprint density at radius 2 is 2.12 bits per heavy atom.